The van der Waals surface area contributed by atoms with Crippen LogP contribution in [0.2, 0.25) is 5.02 Å². The van der Waals surface area contributed by atoms with Gasteiger partial charge in [0.25, 0.3) is 5.91 Å². The third-order valence-corrected chi connectivity index (χ3v) is 6.86. The van der Waals surface area contributed by atoms with Crippen LogP contribution in [0.15, 0.2) is 18.2 Å². The molecule has 0 aliphatic carbocycles. The summed E-state index contributed by atoms with van der Waals surface area (Å²) < 4.78 is 5.47. The van der Waals surface area contributed by atoms with Crippen molar-refractivity contribution in [2.24, 2.45) is 11.8 Å². The SMILES string of the molecule is Cc1c(C(=O)NC[C@H]2C(C)CC(C)NC2O)cc(Cl)cc1C1=CCN(C(=O)OC(C)(C)C)CC1. The summed E-state index contributed by atoms with van der Waals surface area (Å²) in [7, 11) is 0. The van der Waals surface area contributed by atoms with Gasteiger partial charge in [-0.25, -0.2) is 4.79 Å². The minimum Gasteiger partial charge on any atom is -0.444 e. The van der Waals surface area contributed by atoms with Gasteiger partial charge in [-0.15, -0.1) is 0 Å². The Morgan fingerprint density at radius 1 is 1.29 bits per heavy atom. The van der Waals surface area contributed by atoms with E-state index in [-0.39, 0.29) is 24.0 Å². The maximum absolute atomic E-state index is 13.1. The number of halogens is 1. The van der Waals surface area contributed by atoms with Gasteiger partial charge in [-0.05, 0) is 82.2 Å². The van der Waals surface area contributed by atoms with E-state index in [4.69, 9.17) is 16.3 Å². The Hall–Kier alpha value is -2.09. The van der Waals surface area contributed by atoms with Crippen LogP contribution < -0.4 is 10.6 Å². The molecule has 3 unspecified atom stereocenters. The Labute approximate surface area is 207 Å². The first-order chi connectivity index (χ1) is 15.9. The molecule has 2 aliphatic heterocycles. The largest absolute Gasteiger partial charge is 0.444 e. The standard InChI is InChI=1S/C26H38ClN3O4/c1-15-11-16(2)29-24(32)22(15)14-28-23(31)21-13-19(27)12-20(17(21)3)18-7-9-30(10-8-18)25(33)34-26(4,5)6/h7,12-13,15-16,22,24,29,32H,8-11,14H2,1-6H3,(H,28,31)/t15?,16?,22-,24?/m0/s1. The van der Waals surface area contributed by atoms with Gasteiger partial charge in [0.05, 0.1) is 0 Å². The molecule has 0 saturated carbocycles. The van der Waals surface area contributed by atoms with Crippen molar-refractivity contribution >= 4 is 29.2 Å². The number of ether oxygens (including phenoxy) is 1. The molecular formula is C26H38ClN3O4. The quantitative estimate of drug-likeness (QED) is 0.582. The van der Waals surface area contributed by atoms with Crippen LogP contribution in [0.1, 0.15) is 68.9 Å². The number of amides is 2. The van der Waals surface area contributed by atoms with Crippen LogP contribution in [-0.2, 0) is 4.74 Å². The fourth-order valence-corrected chi connectivity index (χ4v) is 5.02. The van der Waals surface area contributed by atoms with Crippen LogP contribution in [0.25, 0.3) is 5.57 Å². The number of rotatable bonds is 4. The highest BCUT2D eigenvalue weighted by Gasteiger charge is 2.32. The molecule has 188 valence electrons. The highest BCUT2D eigenvalue weighted by atomic mass is 35.5. The molecule has 0 bridgehead atoms. The smallest absolute Gasteiger partial charge is 0.410 e. The van der Waals surface area contributed by atoms with Crippen LogP contribution in [0.5, 0.6) is 0 Å². The summed E-state index contributed by atoms with van der Waals surface area (Å²) >= 11 is 6.41. The maximum Gasteiger partial charge on any atom is 0.410 e. The highest BCUT2D eigenvalue weighted by molar-refractivity contribution is 6.31. The van der Waals surface area contributed by atoms with E-state index in [1.807, 2.05) is 39.8 Å². The number of nitrogens with zero attached hydrogens (tertiary/aromatic N) is 1. The summed E-state index contributed by atoms with van der Waals surface area (Å²) in [4.78, 5) is 27.1. The number of hydrogen-bond acceptors (Lipinski definition) is 5. The number of nitrogens with one attached hydrogen (secondary N) is 2. The van der Waals surface area contributed by atoms with Crippen molar-refractivity contribution < 1.29 is 19.4 Å². The second-order valence-corrected chi connectivity index (χ2v) is 11.1. The van der Waals surface area contributed by atoms with E-state index >= 15 is 0 Å². The maximum atomic E-state index is 13.1. The molecule has 0 spiro atoms. The first-order valence-electron chi connectivity index (χ1n) is 12.1. The van der Waals surface area contributed by atoms with Gasteiger partial charge in [-0.2, -0.15) is 0 Å². The summed E-state index contributed by atoms with van der Waals surface area (Å²) in [5, 5.41) is 17.0. The van der Waals surface area contributed by atoms with Gasteiger partial charge in [-0.1, -0.05) is 24.6 Å². The molecule has 4 atom stereocenters. The lowest BCUT2D eigenvalue weighted by molar-refractivity contribution is 0.00475. The average molecular weight is 492 g/mol. The van der Waals surface area contributed by atoms with Crippen molar-refractivity contribution in [1.82, 2.24) is 15.5 Å². The third kappa shape index (κ3) is 6.52. The Morgan fingerprint density at radius 2 is 2.00 bits per heavy atom. The molecule has 3 N–H and O–H groups in total. The van der Waals surface area contributed by atoms with Crippen LogP contribution in [-0.4, -0.2) is 59.5 Å². The lowest BCUT2D eigenvalue weighted by atomic mass is 9.83. The second kappa shape index (κ2) is 10.7. The molecule has 1 aromatic carbocycles. The van der Waals surface area contributed by atoms with Crippen molar-refractivity contribution in [2.75, 3.05) is 19.6 Å². The normalized spacial score (nSPS) is 25.5. The van der Waals surface area contributed by atoms with Crippen LogP contribution in [0, 0.1) is 18.8 Å². The van der Waals surface area contributed by atoms with Gasteiger partial charge >= 0.3 is 6.09 Å². The molecule has 1 fully saturated rings. The number of aliphatic hydroxyl groups excluding tert-OH is 1. The molecule has 0 aromatic heterocycles. The fourth-order valence-electron chi connectivity index (χ4n) is 4.80. The van der Waals surface area contributed by atoms with E-state index < -0.39 is 11.8 Å². The van der Waals surface area contributed by atoms with Gasteiger partial charge in [-0.3, -0.25) is 10.1 Å². The molecule has 1 aromatic rings. The minimum absolute atomic E-state index is 0.0565. The summed E-state index contributed by atoms with van der Waals surface area (Å²) in [5.74, 6) is 0.0351. The summed E-state index contributed by atoms with van der Waals surface area (Å²) in [6.07, 6.45) is 2.63. The predicted molar refractivity (Wildman–Crippen MR) is 135 cm³/mol. The molecule has 34 heavy (non-hydrogen) atoms. The molecule has 1 saturated heterocycles. The van der Waals surface area contributed by atoms with Crippen molar-refractivity contribution in [3.63, 3.8) is 0 Å². The van der Waals surface area contributed by atoms with Gasteiger partial charge in [0, 0.05) is 42.2 Å². The monoisotopic (exact) mass is 491 g/mol. The minimum atomic E-state index is -0.643. The number of aliphatic hydroxyl groups is 1. The zero-order chi connectivity index (χ0) is 25.2. The van der Waals surface area contributed by atoms with Crippen molar-refractivity contribution in [3.8, 4) is 0 Å². The Morgan fingerprint density at radius 3 is 2.59 bits per heavy atom. The first-order valence-corrected chi connectivity index (χ1v) is 12.4. The molecule has 2 heterocycles. The lowest BCUT2D eigenvalue weighted by Gasteiger charge is -2.38. The molecular weight excluding hydrogens is 454 g/mol. The van der Waals surface area contributed by atoms with E-state index in [0.717, 1.165) is 23.1 Å². The van der Waals surface area contributed by atoms with Crippen LogP contribution in [0.4, 0.5) is 4.79 Å². The van der Waals surface area contributed by atoms with Crippen LogP contribution >= 0.6 is 11.6 Å². The Bertz CT molecular complexity index is 944. The zero-order valence-electron chi connectivity index (χ0n) is 21.1. The Balaban J connectivity index is 1.71. The van der Waals surface area contributed by atoms with Gasteiger partial charge in [0.15, 0.2) is 0 Å². The number of carbonyl (C=O) groups is 2. The van der Waals surface area contributed by atoms with E-state index in [9.17, 15) is 14.7 Å². The van der Waals surface area contributed by atoms with Gasteiger partial charge in [0.1, 0.15) is 11.8 Å². The third-order valence-electron chi connectivity index (χ3n) is 6.64. The van der Waals surface area contributed by atoms with E-state index in [1.165, 1.54) is 0 Å². The fraction of sp³-hybridized carbons (Fsp3) is 0.615. The molecule has 8 heteroatoms. The first kappa shape index (κ1) is 26.5. The van der Waals surface area contributed by atoms with E-state index in [2.05, 4.69) is 24.5 Å². The summed E-state index contributed by atoms with van der Waals surface area (Å²) in [6.45, 7) is 13.0. The number of piperidine rings is 1. The summed E-state index contributed by atoms with van der Waals surface area (Å²) in [6, 6.07) is 3.82. The van der Waals surface area contributed by atoms with Crippen molar-refractivity contribution in [2.45, 2.75) is 72.3 Å². The van der Waals surface area contributed by atoms with Gasteiger partial charge < -0.3 is 20.1 Å². The molecule has 2 amide bonds. The topological polar surface area (TPSA) is 90.9 Å². The predicted octanol–water partition coefficient (Wildman–Crippen LogP) is 4.35. The van der Waals surface area contributed by atoms with E-state index in [0.29, 0.717) is 42.6 Å². The van der Waals surface area contributed by atoms with Crippen LogP contribution in [0.3, 0.4) is 0 Å². The number of benzene rings is 1. The molecule has 2 aliphatic rings. The van der Waals surface area contributed by atoms with E-state index in [1.54, 1.807) is 11.0 Å². The van der Waals surface area contributed by atoms with Gasteiger partial charge in [0.2, 0.25) is 0 Å². The lowest BCUT2D eigenvalue weighted by Crippen LogP contribution is -2.53. The summed E-state index contributed by atoms with van der Waals surface area (Å²) in [5.41, 5.74) is 2.82. The Kier molecular flexibility index (Phi) is 8.32. The van der Waals surface area contributed by atoms with Crippen molar-refractivity contribution in [3.05, 3.63) is 39.9 Å². The van der Waals surface area contributed by atoms with Crippen molar-refractivity contribution in [1.29, 1.82) is 0 Å². The molecule has 0 radical (unpaired) electrons. The second-order valence-electron chi connectivity index (χ2n) is 10.6. The average Bonchev–Trinajstić information content (AvgIpc) is 2.73. The molecule has 3 rings (SSSR count). The number of hydrogen-bond donors (Lipinski definition) is 3. The number of carbonyl (C=O) groups excluding carboxylic acids is 2. The zero-order valence-corrected chi connectivity index (χ0v) is 21.8. The highest BCUT2D eigenvalue weighted by Crippen LogP contribution is 2.31. The molecule has 7 nitrogen and oxygen atoms in total.